The van der Waals surface area contributed by atoms with Gasteiger partial charge >= 0.3 is 6.09 Å². The van der Waals surface area contributed by atoms with E-state index in [2.05, 4.69) is 20.5 Å². The predicted molar refractivity (Wildman–Crippen MR) is 90.8 cm³/mol. The van der Waals surface area contributed by atoms with Crippen LogP contribution in [0.3, 0.4) is 0 Å². The largest absolute Gasteiger partial charge is 0.444 e. The molecule has 2 amide bonds. The number of nitrogens with zero attached hydrogens (tertiary/aromatic N) is 3. The molecule has 1 unspecified atom stereocenters. The number of carbonyl (C=O) groups excluding carboxylic acids is 2. The van der Waals surface area contributed by atoms with Gasteiger partial charge in [-0.15, -0.1) is 0 Å². The number of aromatic nitrogens is 3. The topological polar surface area (TPSA) is 100 Å². The van der Waals surface area contributed by atoms with E-state index in [-0.39, 0.29) is 11.8 Å². The smallest absolute Gasteiger partial charge is 0.407 e. The molecule has 1 aromatic rings. The van der Waals surface area contributed by atoms with E-state index in [1.807, 2.05) is 25.7 Å². The van der Waals surface area contributed by atoms with Crippen molar-refractivity contribution >= 4 is 12.0 Å². The molecule has 0 spiro atoms. The quantitative estimate of drug-likeness (QED) is 0.863. The lowest BCUT2D eigenvalue weighted by molar-refractivity contribution is -0.138. The lowest BCUT2D eigenvalue weighted by atomic mass is 9.95. The zero-order valence-corrected chi connectivity index (χ0v) is 15.2. The molecule has 8 nitrogen and oxygen atoms in total. The van der Waals surface area contributed by atoms with Gasteiger partial charge in [-0.3, -0.25) is 9.89 Å². The Labute approximate surface area is 147 Å². The number of H-pyrrole nitrogens is 1. The Morgan fingerprint density at radius 3 is 2.80 bits per heavy atom. The first kappa shape index (κ1) is 17.7. The highest BCUT2D eigenvalue weighted by Crippen LogP contribution is 2.47. The number of likely N-dealkylation sites (tertiary alicyclic amines) is 1. The summed E-state index contributed by atoms with van der Waals surface area (Å²) in [7, 11) is 0. The van der Waals surface area contributed by atoms with E-state index < -0.39 is 17.1 Å². The summed E-state index contributed by atoms with van der Waals surface area (Å²) in [6, 6.07) is 0. The van der Waals surface area contributed by atoms with Crippen LogP contribution in [0.2, 0.25) is 0 Å². The van der Waals surface area contributed by atoms with Crippen molar-refractivity contribution in [2.24, 2.45) is 5.41 Å². The number of hydrogen-bond donors (Lipinski definition) is 2. The molecule has 1 saturated heterocycles. The van der Waals surface area contributed by atoms with Crippen molar-refractivity contribution in [2.45, 2.75) is 58.0 Å². The highest BCUT2D eigenvalue weighted by molar-refractivity contribution is 5.86. The Hall–Kier alpha value is -2.12. The number of ether oxygens (including phenoxy) is 1. The molecule has 138 valence electrons. The Kier molecular flexibility index (Phi) is 4.71. The van der Waals surface area contributed by atoms with Gasteiger partial charge in [0.15, 0.2) is 0 Å². The van der Waals surface area contributed by atoms with Crippen molar-refractivity contribution in [1.82, 2.24) is 25.4 Å². The van der Waals surface area contributed by atoms with Crippen LogP contribution in [0.25, 0.3) is 0 Å². The number of alkyl carbamates (subject to hydrolysis) is 1. The standard InChI is InChI=1S/C17H27N5O3/c1-16(2,3)25-15(24)18-10-17(6-7-17)14(23)22-8-4-5-12(9-22)13-19-11-20-21-13/h11-12H,4-10H2,1-3H3,(H,18,24)(H,19,20,21). The number of piperidine rings is 1. The van der Waals surface area contributed by atoms with Gasteiger partial charge in [0, 0.05) is 25.6 Å². The Bertz CT molecular complexity index is 619. The van der Waals surface area contributed by atoms with E-state index in [4.69, 9.17) is 4.74 Å². The maximum absolute atomic E-state index is 13.0. The second kappa shape index (κ2) is 6.65. The average molecular weight is 349 g/mol. The van der Waals surface area contributed by atoms with Crippen molar-refractivity contribution in [2.75, 3.05) is 19.6 Å². The third-order valence-electron chi connectivity index (χ3n) is 4.81. The maximum Gasteiger partial charge on any atom is 0.407 e. The molecule has 1 aliphatic carbocycles. The molecule has 2 fully saturated rings. The van der Waals surface area contributed by atoms with Crippen LogP contribution in [0.5, 0.6) is 0 Å². The van der Waals surface area contributed by atoms with Gasteiger partial charge in [0.05, 0.1) is 5.41 Å². The molecule has 25 heavy (non-hydrogen) atoms. The van der Waals surface area contributed by atoms with E-state index in [0.717, 1.165) is 38.1 Å². The number of rotatable bonds is 4. The van der Waals surface area contributed by atoms with Crippen molar-refractivity contribution in [3.63, 3.8) is 0 Å². The van der Waals surface area contributed by atoms with Crippen LogP contribution < -0.4 is 5.32 Å². The van der Waals surface area contributed by atoms with Gasteiger partial charge in [-0.25, -0.2) is 9.78 Å². The number of aromatic amines is 1. The van der Waals surface area contributed by atoms with E-state index in [9.17, 15) is 9.59 Å². The van der Waals surface area contributed by atoms with Crippen molar-refractivity contribution in [3.8, 4) is 0 Å². The van der Waals surface area contributed by atoms with Crippen LogP contribution in [0.15, 0.2) is 6.33 Å². The minimum atomic E-state index is -0.540. The number of carbonyl (C=O) groups is 2. The maximum atomic E-state index is 13.0. The SMILES string of the molecule is CC(C)(C)OC(=O)NCC1(C(=O)N2CCCC(c3ncn[nH]3)C2)CC1. The van der Waals surface area contributed by atoms with Gasteiger partial charge in [0.2, 0.25) is 5.91 Å². The third kappa shape index (κ3) is 4.29. The van der Waals surface area contributed by atoms with E-state index >= 15 is 0 Å². The molecule has 0 aromatic carbocycles. The fourth-order valence-corrected chi connectivity index (χ4v) is 3.30. The highest BCUT2D eigenvalue weighted by atomic mass is 16.6. The van der Waals surface area contributed by atoms with Crippen molar-refractivity contribution in [1.29, 1.82) is 0 Å². The predicted octanol–water partition coefficient (Wildman–Crippen LogP) is 1.82. The van der Waals surface area contributed by atoms with Crippen molar-refractivity contribution in [3.05, 3.63) is 12.2 Å². The van der Waals surface area contributed by atoms with Gasteiger partial charge in [-0.05, 0) is 46.5 Å². The number of nitrogens with one attached hydrogen (secondary N) is 2. The summed E-state index contributed by atoms with van der Waals surface area (Å²) in [5, 5.41) is 9.58. The van der Waals surface area contributed by atoms with E-state index in [0.29, 0.717) is 13.1 Å². The van der Waals surface area contributed by atoms with Crippen LogP contribution in [-0.2, 0) is 9.53 Å². The molecule has 2 N–H and O–H groups in total. The highest BCUT2D eigenvalue weighted by Gasteiger charge is 2.52. The van der Waals surface area contributed by atoms with E-state index in [1.165, 1.54) is 6.33 Å². The lowest BCUT2D eigenvalue weighted by Gasteiger charge is -2.34. The Balaban J connectivity index is 1.55. The first-order valence-corrected chi connectivity index (χ1v) is 8.91. The fraction of sp³-hybridized carbons (Fsp3) is 0.765. The lowest BCUT2D eigenvalue weighted by Crippen LogP contribution is -2.47. The Morgan fingerprint density at radius 1 is 1.44 bits per heavy atom. The molecule has 3 rings (SSSR count). The monoisotopic (exact) mass is 349 g/mol. The van der Waals surface area contributed by atoms with Crippen LogP contribution in [-0.4, -0.2) is 57.3 Å². The molecule has 2 heterocycles. The van der Waals surface area contributed by atoms with Gasteiger partial charge in [0.25, 0.3) is 0 Å². The first-order valence-electron chi connectivity index (χ1n) is 8.91. The van der Waals surface area contributed by atoms with Crippen LogP contribution in [0.4, 0.5) is 4.79 Å². The fourth-order valence-electron chi connectivity index (χ4n) is 3.30. The van der Waals surface area contributed by atoms with Crippen molar-refractivity contribution < 1.29 is 14.3 Å². The summed E-state index contributed by atoms with van der Waals surface area (Å²) in [6.07, 6.45) is 4.61. The van der Waals surface area contributed by atoms with Crippen LogP contribution in [0.1, 0.15) is 58.2 Å². The number of amides is 2. The minimum Gasteiger partial charge on any atom is -0.444 e. The summed E-state index contributed by atoms with van der Waals surface area (Å²) >= 11 is 0. The molecule has 0 bridgehead atoms. The normalized spacial score (nSPS) is 22.4. The third-order valence-corrected chi connectivity index (χ3v) is 4.81. The molecule has 1 saturated carbocycles. The molecule has 2 aliphatic rings. The van der Waals surface area contributed by atoms with E-state index in [1.54, 1.807) is 0 Å². The molecular weight excluding hydrogens is 322 g/mol. The molecule has 8 heteroatoms. The molecular formula is C17H27N5O3. The molecule has 0 radical (unpaired) electrons. The molecule has 1 aromatic heterocycles. The summed E-state index contributed by atoms with van der Waals surface area (Å²) in [6.45, 7) is 7.22. The first-order chi connectivity index (χ1) is 11.8. The zero-order valence-electron chi connectivity index (χ0n) is 15.2. The zero-order chi connectivity index (χ0) is 18.1. The summed E-state index contributed by atoms with van der Waals surface area (Å²) in [5.74, 6) is 1.18. The summed E-state index contributed by atoms with van der Waals surface area (Å²) in [4.78, 5) is 31.0. The number of hydrogen-bond acceptors (Lipinski definition) is 5. The van der Waals surface area contributed by atoms with Gasteiger partial charge in [-0.1, -0.05) is 0 Å². The average Bonchev–Trinajstić information content (AvgIpc) is 3.14. The van der Waals surface area contributed by atoms with Gasteiger partial charge in [-0.2, -0.15) is 5.10 Å². The minimum absolute atomic E-state index is 0.132. The summed E-state index contributed by atoms with van der Waals surface area (Å²) in [5.41, 5.74) is -0.998. The summed E-state index contributed by atoms with van der Waals surface area (Å²) < 4.78 is 5.26. The van der Waals surface area contributed by atoms with Crippen LogP contribution >= 0.6 is 0 Å². The molecule has 1 aliphatic heterocycles. The second-order valence-electron chi connectivity index (χ2n) is 8.10. The van der Waals surface area contributed by atoms with Gasteiger partial charge < -0.3 is 15.0 Å². The Morgan fingerprint density at radius 2 is 2.20 bits per heavy atom. The molecule has 1 atom stereocenters. The second-order valence-corrected chi connectivity index (χ2v) is 8.10. The van der Waals surface area contributed by atoms with Crippen LogP contribution in [0, 0.1) is 5.41 Å². The van der Waals surface area contributed by atoms with Gasteiger partial charge in [0.1, 0.15) is 17.8 Å².